The summed E-state index contributed by atoms with van der Waals surface area (Å²) in [5.41, 5.74) is -1.98. The second-order valence-electron chi connectivity index (χ2n) is 9.12. The smallest absolute Gasteiger partial charge is 0.417 e. The number of aromatic nitrogens is 1. The first-order valence-corrected chi connectivity index (χ1v) is 13.2. The van der Waals surface area contributed by atoms with Crippen LogP contribution in [0.25, 0.3) is 10.9 Å². The lowest BCUT2D eigenvalue weighted by molar-refractivity contribution is -0.270. The maximum absolute atomic E-state index is 14.3. The van der Waals surface area contributed by atoms with E-state index < -0.39 is 30.0 Å². The van der Waals surface area contributed by atoms with E-state index in [4.69, 9.17) is 4.74 Å². The van der Waals surface area contributed by atoms with Gasteiger partial charge in [0.15, 0.2) is 5.60 Å². The number of aromatic amines is 1. The third kappa shape index (κ3) is 6.37. The van der Waals surface area contributed by atoms with Crippen molar-refractivity contribution in [1.82, 2.24) is 4.98 Å². The van der Waals surface area contributed by atoms with Gasteiger partial charge in [-0.1, -0.05) is 58.0 Å². The van der Waals surface area contributed by atoms with E-state index in [0.717, 1.165) is 4.91 Å². The Hall–Kier alpha value is -2.63. The van der Waals surface area contributed by atoms with E-state index in [1.54, 1.807) is 38.1 Å². The zero-order chi connectivity index (χ0) is 27.1. The maximum Gasteiger partial charge on any atom is 0.417 e. The van der Waals surface area contributed by atoms with Crippen molar-refractivity contribution in [1.29, 1.82) is 5.26 Å². The minimum Gasteiger partial charge on any atom is -0.500 e. The Labute approximate surface area is 215 Å². The number of hydrogen-bond acceptors (Lipinski definition) is 4. The number of para-hydroxylation sites is 1. The van der Waals surface area contributed by atoms with E-state index >= 15 is 0 Å². The number of thioether (sulfide) groups is 1. The van der Waals surface area contributed by atoms with Crippen LogP contribution in [-0.2, 0) is 11.2 Å². The molecular weight excluding hydrogens is 485 g/mol. The molecule has 2 N–H and O–H groups in total. The first-order chi connectivity index (χ1) is 17.0. The van der Waals surface area contributed by atoms with Crippen LogP contribution in [0, 0.1) is 16.7 Å². The molecule has 0 bridgehead atoms. The Morgan fingerprint density at radius 3 is 2.44 bits per heavy atom. The van der Waals surface area contributed by atoms with Crippen LogP contribution in [-0.4, -0.2) is 35.2 Å². The van der Waals surface area contributed by atoms with Crippen molar-refractivity contribution in [2.45, 2.75) is 65.2 Å². The van der Waals surface area contributed by atoms with Gasteiger partial charge in [0, 0.05) is 27.9 Å². The molecule has 0 fully saturated rings. The van der Waals surface area contributed by atoms with Gasteiger partial charge in [0.2, 0.25) is 0 Å². The summed E-state index contributed by atoms with van der Waals surface area (Å²) in [7, 11) is 1.51. The van der Waals surface area contributed by atoms with Gasteiger partial charge in [0.1, 0.15) is 11.8 Å². The van der Waals surface area contributed by atoms with Gasteiger partial charge >= 0.3 is 6.18 Å². The number of H-pyrrole nitrogens is 1. The SMILES string of the molecule is CC.COC1=C(C(C)(C)CC(O)(CCc2[nH]c3ccccc3c2C#N)C(F)(F)F)C=C(SC)C=CC1. The number of nitriles is 1. The fraction of sp³-hybridized carbons (Fsp3) is 0.464. The number of ether oxygens (including phenoxy) is 1. The van der Waals surface area contributed by atoms with Crippen molar-refractivity contribution in [3.8, 4) is 6.07 Å². The topological polar surface area (TPSA) is 69.0 Å². The average Bonchev–Trinajstić information content (AvgIpc) is 3.05. The molecular formula is C28H35F3N2O2S. The molecule has 1 aromatic heterocycles. The van der Waals surface area contributed by atoms with Crippen molar-refractivity contribution in [2.75, 3.05) is 13.4 Å². The zero-order valence-electron chi connectivity index (χ0n) is 21.7. The first kappa shape index (κ1) is 29.6. The number of nitrogens with one attached hydrogen (secondary N) is 1. The fourth-order valence-corrected chi connectivity index (χ4v) is 5.03. The molecule has 4 nitrogen and oxygen atoms in total. The number of aryl methyl sites for hydroxylation is 1. The molecule has 1 heterocycles. The van der Waals surface area contributed by atoms with Crippen LogP contribution < -0.4 is 0 Å². The van der Waals surface area contributed by atoms with Crippen molar-refractivity contribution in [2.24, 2.45) is 5.41 Å². The van der Waals surface area contributed by atoms with Crippen LogP contribution in [0.3, 0.4) is 0 Å². The molecule has 8 heteroatoms. The summed E-state index contributed by atoms with van der Waals surface area (Å²) < 4.78 is 48.4. The van der Waals surface area contributed by atoms with Crippen LogP contribution in [0.2, 0.25) is 0 Å². The minimum absolute atomic E-state index is 0.118. The van der Waals surface area contributed by atoms with Crippen LogP contribution in [0.15, 0.2) is 58.7 Å². The Bertz CT molecular complexity index is 1190. The first-order valence-electron chi connectivity index (χ1n) is 11.9. The summed E-state index contributed by atoms with van der Waals surface area (Å²) in [4.78, 5) is 3.96. The third-order valence-corrected chi connectivity index (χ3v) is 7.06. The molecule has 0 amide bonds. The Morgan fingerprint density at radius 1 is 1.19 bits per heavy atom. The Balaban J connectivity index is 0.00000222. The molecule has 1 aliphatic carbocycles. The van der Waals surface area contributed by atoms with E-state index in [1.165, 1.54) is 18.9 Å². The van der Waals surface area contributed by atoms with Gasteiger partial charge in [-0.2, -0.15) is 18.4 Å². The van der Waals surface area contributed by atoms with Gasteiger partial charge in [-0.15, -0.1) is 11.8 Å². The summed E-state index contributed by atoms with van der Waals surface area (Å²) in [5, 5.41) is 21.3. The molecule has 0 saturated heterocycles. The molecule has 0 radical (unpaired) electrons. The van der Waals surface area contributed by atoms with Crippen molar-refractivity contribution in [3.05, 3.63) is 70.0 Å². The van der Waals surface area contributed by atoms with E-state index in [0.29, 0.717) is 39.9 Å². The Kier molecular flexibility index (Phi) is 9.93. The normalized spacial score (nSPS) is 16.0. The molecule has 1 atom stereocenters. The standard InChI is InChI=1S/C26H29F3N2O2S.C2H6/c1-24(2,20-14-17(34-4)8-7-11-23(20)33-3)16-25(32,26(27,28)29)13-12-22-19(15-30)18-9-5-6-10-21(18)31-22;1-2/h5-10,14,31-32H,11-13,16H2,1-4H3;1-2H3. The third-order valence-electron chi connectivity index (χ3n) is 6.33. The molecule has 0 saturated carbocycles. The van der Waals surface area contributed by atoms with E-state index in [1.807, 2.05) is 38.3 Å². The molecule has 0 aliphatic heterocycles. The summed E-state index contributed by atoms with van der Waals surface area (Å²) in [5.74, 6) is 0.581. The molecule has 1 aromatic carbocycles. The lowest BCUT2D eigenvalue weighted by atomic mass is 9.72. The van der Waals surface area contributed by atoms with Crippen LogP contribution >= 0.6 is 11.8 Å². The van der Waals surface area contributed by atoms with Gasteiger partial charge in [-0.25, -0.2) is 0 Å². The highest BCUT2D eigenvalue weighted by Crippen LogP contribution is 2.47. The molecule has 196 valence electrons. The van der Waals surface area contributed by atoms with Crippen LogP contribution in [0.5, 0.6) is 0 Å². The molecule has 0 spiro atoms. The van der Waals surface area contributed by atoms with Gasteiger partial charge in [0.05, 0.1) is 12.7 Å². The second kappa shape index (κ2) is 12.1. The number of nitrogens with zero attached hydrogens (tertiary/aromatic N) is 1. The number of alkyl halides is 3. The minimum atomic E-state index is -4.86. The molecule has 1 unspecified atom stereocenters. The molecule has 36 heavy (non-hydrogen) atoms. The average molecular weight is 521 g/mol. The van der Waals surface area contributed by atoms with Crippen molar-refractivity contribution >= 4 is 22.7 Å². The van der Waals surface area contributed by atoms with E-state index in [-0.39, 0.29) is 6.42 Å². The number of benzene rings is 1. The predicted octanol–water partition coefficient (Wildman–Crippen LogP) is 7.82. The highest BCUT2D eigenvalue weighted by atomic mass is 32.2. The van der Waals surface area contributed by atoms with Gasteiger partial charge in [-0.3, -0.25) is 0 Å². The van der Waals surface area contributed by atoms with Crippen LogP contribution in [0.4, 0.5) is 13.2 Å². The number of halogens is 3. The highest BCUT2D eigenvalue weighted by Gasteiger charge is 2.55. The van der Waals surface area contributed by atoms with Gasteiger partial charge in [-0.05, 0) is 48.6 Å². The number of rotatable bonds is 8. The summed E-state index contributed by atoms with van der Waals surface area (Å²) >= 11 is 1.49. The van der Waals surface area contributed by atoms with Gasteiger partial charge in [0.25, 0.3) is 0 Å². The fourth-order valence-electron chi connectivity index (χ4n) is 4.56. The number of hydrogen-bond donors (Lipinski definition) is 2. The summed E-state index contributed by atoms with van der Waals surface area (Å²) in [6.45, 7) is 7.39. The van der Waals surface area contributed by atoms with Crippen molar-refractivity contribution < 1.29 is 23.0 Å². The number of fused-ring (bicyclic) bond motifs is 1. The molecule has 1 aliphatic rings. The summed E-state index contributed by atoms with van der Waals surface area (Å²) in [6, 6.07) is 9.17. The monoisotopic (exact) mass is 520 g/mol. The van der Waals surface area contributed by atoms with Crippen LogP contribution in [0.1, 0.15) is 58.2 Å². The van der Waals surface area contributed by atoms with Crippen molar-refractivity contribution in [3.63, 3.8) is 0 Å². The molecule has 3 rings (SSSR count). The molecule has 2 aromatic rings. The second-order valence-corrected chi connectivity index (χ2v) is 10.0. The Morgan fingerprint density at radius 2 is 1.86 bits per heavy atom. The quantitative estimate of drug-likeness (QED) is 0.372. The lowest BCUT2D eigenvalue weighted by Gasteiger charge is -2.39. The lowest BCUT2D eigenvalue weighted by Crippen LogP contribution is -2.49. The number of aliphatic hydroxyl groups is 1. The summed E-state index contributed by atoms with van der Waals surface area (Å²) in [6.07, 6.45) is 1.94. The zero-order valence-corrected chi connectivity index (χ0v) is 22.5. The predicted molar refractivity (Wildman–Crippen MR) is 141 cm³/mol. The highest BCUT2D eigenvalue weighted by molar-refractivity contribution is 8.02. The van der Waals surface area contributed by atoms with E-state index in [9.17, 15) is 23.5 Å². The maximum atomic E-state index is 14.3. The van der Waals surface area contributed by atoms with Gasteiger partial charge < -0.3 is 14.8 Å². The van der Waals surface area contributed by atoms with E-state index in [2.05, 4.69) is 11.1 Å². The number of methoxy groups -OCH3 is 1. The number of allylic oxidation sites excluding steroid dienone is 4. The largest absolute Gasteiger partial charge is 0.500 e.